The molecule has 0 saturated heterocycles. The molecule has 1 atom stereocenters. The van der Waals surface area contributed by atoms with Crippen molar-refractivity contribution in [3.05, 3.63) is 111 Å². The van der Waals surface area contributed by atoms with Gasteiger partial charge in [-0.2, -0.15) is 0 Å². The lowest BCUT2D eigenvalue weighted by molar-refractivity contribution is -0.140. The van der Waals surface area contributed by atoms with Crippen molar-refractivity contribution in [2.24, 2.45) is 0 Å². The van der Waals surface area contributed by atoms with Crippen LogP contribution < -0.4 is 23.8 Å². The standard InChI is InChI=1S/C36H38Cl3N3O7S/c1-23(2)40-36(44)31(18-24-9-7-6-8-10-24)41(21-25-11-14-28(38)29(39)17-25)35(43)22-42(30-19-26(37)12-15-32(30)47-3)50(45,46)27-13-16-33(48-4)34(20-27)49-5/h6-17,19-20,23,31H,18,21-22H2,1-5H3,(H,40,44)/t31-/m1/s1. The zero-order chi connectivity index (χ0) is 36.6. The maximum Gasteiger partial charge on any atom is 0.265 e. The molecule has 4 aromatic carbocycles. The maximum absolute atomic E-state index is 14.8. The molecule has 1 N–H and O–H groups in total. The second kappa shape index (κ2) is 17.2. The van der Waals surface area contributed by atoms with Crippen molar-refractivity contribution in [3.63, 3.8) is 0 Å². The van der Waals surface area contributed by atoms with Gasteiger partial charge in [0.05, 0.1) is 42.0 Å². The average molecular weight is 763 g/mol. The maximum atomic E-state index is 14.8. The number of ether oxygens (including phenoxy) is 3. The first-order valence-electron chi connectivity index (χ1n) is 15.4. The molecular weight excluding hydrogens is 725 g/mol. The van der Waals surface area contributed by atoms with Crippen LogP contribution in [-0.4, -0.2) is 65.1 Å². The van der Waals surface area contributed by atoms with E-state index in [4.69, 9.17) is 49.0 Å². The van der Waals surface area contributed by atoms with Gasteiger partial charge in [0.1, 0.15) is 18.3 Å². The van der Waals surface area contributed by atoms with Crippen molar-refractivity contribution in [2.75, 3.05) is 32.2 Å². The van der Waals surface area contributed by atoms with Crippen LogP contribution in [0.3, 0.4) is 0 Å². The molecule has 0 saturated carbocycles. The molecule has 4 rings (SSSR count). The molecule has 0 heterocycles. The Hall–Kier alpha value is -4.16. The first-order chi connectivity index (χ1) is 23.8. The first-order valence-corrected chi connectivity index (χ1v) is 18.0. The second-order valence-electron chi connectivity index (χ2n) is 11.5. The highest BCUT2D eigenvalue weighted by Crippen LogP contribution is 2.37. The molecule has 4 aromatic rings. The summed E-state index contributed by atoms with van der Waals surface area (Å²) in [5.74, 6) is -0.510. The van der Waals surface area contributed by atoms with E-state index < -0.39 is 34.4 Å². The molecule has 0 aromatic heterocycles. The quantitative estimate of drug-likeness (QED) is 0.138. The summed E-state index contributed by atoms with van der Waals surface area (Å²) in [7, 11) is -0.344. The van der Waals surface area contributed by atoms with Crippen LogP contribution in [0.5, 0.6) is 17.2 Å². The molecule has 266 valence electrons. The summed E-state index contributed by atoms with van der Waals surface area (Å²) in [6, 6.07) is 21.3. The predicted octanol–water partition coefficient (Wildman–Crippen LogP) is 7.03. The molecule has 0 bridgehead atoms. The van der Waals surface area contributed by atoms with E-state index in [9.17, 15) is 18.0 Å². The summed E-state index contributed by atoms with van der Waals surface area (Å²) in [6.45, 7) is 2.78. The predicted molar refractivity (Wildman–Crippen MR) is 196 cm³/mol. The highest BCUT2D eigenvalue weighted by molar-refractivity contribution is 7.92. The number of sulfonamides is 1. The highest BCUT2D eigenvalue weighted by Gasteiger charge is 2.36. The number of benzene rings is 4. The third-order valence-corrected chi connectivity index (χ3v) is 10.4. The number of hydrogen-bond acceptors (Lipinski definition) is 7. The van der Waals surface area contributed by atoms with Gasteiger partial charge in [0.2, 0.25) is 11.8 Å². The van der Waals surface area contributed by atoms with E-state index in [-0.39, 0.29) is 51.1 Å². The Labute approximate surface area is 307 Å². The van der Waals surface area contributed by atoms with Gasteiger partial charge in [-0.15, -0.1) is 0 Å². The molecule has 14 heteroatoms. The van der Waals surface area contributed by atoms with E-state index >= 15 is 0 Å². The van der Waals surface area contributed by atoms with E-state index in [0.717, 1.165) is 9.87 Å². The van der Waals surface area contributed by atoms with E-state index in [1.54, 1.807) is 18.2 Å². The Kier molecular flexibility index (Phi) is 13.3. The van der Waals surface area contributed by atoms with Gasteiger partial charge >= 0.3 is 0 Å². The lowest BCUT2D eigenvalue weighted by Crippen LogP contribution is -2.54. The third-order valence-electron chi connectivity index (χ3n) is 7.67. The summed E-state index contributed by atoms with van der Waals surface area (Å²) in [6.07, 6.45) is 0.134. The smallest absolute Gasteiger partial charge is 0.265 e. The lowest BCUT2D eigenvalue weighted by Gasteiger charge is -2.34. The Morgan fingerprint density at radius 1 is 0.760 bits per heavy atom. The Morgan fingerprint density at radius 2 is 1.42 bits per heavy atom. The van der Waals surface area contributed by atoms with Crippen LogP contribution in [0.1, 0.15) is 25.0 Å². The fourth-order valence-electron chi connectivity index (χ4n) is 5.24. The molecule has 0 aliphatic heterocycles. The molecule has 50 heavy (non-hydrogen) atoms. The number of carbonyl (C=O) groups is 2. The number of methoxy groups -OCH3 is 3. The largest absolute Gasteiger partial charge is 0.495 e. The molecule has 0 aliphatic carbocycles. The van der Waals surface area contributed by atoms with E-state index in [0.29, 0.717) is 16.3 Å². The topological polar surface area (TPSA) is 114 Å². The number of halogens is 3. The number of rotatable bonds is 15. The summed E-state index contributed by atoms with van der Waals surface area (Å²) in [5, 5.41) is 3.69. The number of nitrogens with zero attached hydrogens (tertiary/aromatic N) is 2. The monoisotopic (exact) mass is 761 g/mol. The van der Waals surface area contributed by atoms with E-state index in [1.807, 2.05) is 44.2 Å². The van der Waals surface area contributed by atoms with Gasteiger partial charge in [-0.05, 0) is 67.4 Å². The van der Waals surface area contributed by atoms with Crippen LogP contribution in [0.15, 0.2) is 89.8 Å². The minimum absolute atomic E-state index is 0.00358. The van der Waals surface area contributed by atoms with E-state index in [2.05, 4.69) is 5.32 Å². The molecule has 0 radical (unpaired) electrons. The number of amides is 2. The van der Waals surface area contributed by atoms with Gasteiger partial charge in [0.15, 0.2) is 11.5 Å². The summed E-state index contributed by atoms with van der Waals surface area (Å²) < 4.78 is 46.3. The molecule has 0 fully saturated rings. The van der Waals surface area contributed by atoms with Crippen LogP contribution >= 0.6 is 34.8 Å². The van der Waals surface area contributed by atoms with Crippen molar-refractivity contribution >= 4 is 62.3 Å². The van der Waals surface area contributed by atoms with Gasteiger partial charge in [-0.1, -0.05) is 71.2 Å². The van der Waals surface area contributed by atoms with Gasteiger partial charge in [-0.3, -0.25) is 13.9 Å². The average Bonchev–Trinajstić information content (AvgIpc) is 3.09. The molecule has 10 nitrogen and oxygen atoms in total. The van der Waals surface area contributed by atoms with Crippen molar-refractivity contribution in [2.45, 2.75) is 43.8 Å². The first kappa shape index (κ1) is 38.6. The van der Waals surface area contributed by atoms with Gasteiger partial charge in [0.25, 0.3) is 10.0 Å². The van der Waals surface area contributed by atoms with Gasteiger partial charge in [-0.25, -0.2) is 8.42 Å². The fraction of sp³-hybridized carbons (Fsp3) is 0.278. The number of hydrogen-bond donors (Lipinski definition) is 1. The zero-order valence-corrected chi connectivity index (χ0v) is 31.2. The molecular formula is C36H38Cl3N3O7S. The molecule has 0 aliphatic rings. The van der Waals surface area contributed by atoms with Crippen LogP contribution in [0, 0.1) is 0 Å². The zero-order valence-electron chi connectivity index (χ0n) is 28.2. The normalized spacial score (nSPS) is 11.9. The van der Waals surface area contributed by atoms with Crippen LogP contribution in [0.2, 0.25) is 15.1 Å². The van der Waals surface area contributed by atoms with Crippen LogP contribution in [-0.2, 0) is 32.6 Å². The molecule has 0 spiro atoms. The Bertz CT molecular complexity index is 1930. The van der Waals surface area contributed by atoms with E-state index in [1.165, 1.54) is 62.6 Å². The highest BCUT2D eigenvalue weighted by atomic mass is 35.5. The van der Waals surface area contributed by atoms with Crippen molar-refractivity contribution in [3.8, 4) is 17.2 Å². The minimum atomic E-state index is -4.53. The Morgan fingerprint density at radius 3 is 2.04 bits per heavy atom. The number of anilines is 1. The van der Waals surface area contributed by atoms with Gasteiger partial charge in [0, 0.05) is 30.1 Å². The SMILES string of the molecule is COc1ccc(S(=O)(=O)N(CC(=O)N(Cc2ccc(Cl)c(Cl)c2)[C@H](Cc2ccccc2)C(=O)NC(C)C)c2cc(Cl)ccc2OC)cc1OC. The number of carbonyl (C=O) groups excluding carboxylic acids is 2. The second-order valence-corrected chi connectivity index (χ2v) is 14.6. The Balaban J connectivity index is 1.90. The minimum Gasteiger partial charge on any atom is -0.495 e. The lowest BCUT2D eigenvalue weighted by atomic mass is 10.0. The number of nitrogens with one attached hydrogen (secondary N) is 1. The summed E-state index contributed by atoms with van der Waals surface area (Å²) >= 11 is 18.9. The summed E-state index contributed by atoms with van der Waals surface area (Å²) in [4.78, 5) is 29.8. The third kappa shape index (κ3) is 9.33. The van der Waals surface area contributed by atoms with Crippen LogP contribution in [0.4, 0.5) is 5.69 Å². The molecule has 2 amide bonds. The van der Waals surface area contributed by atoms with Crippen molar-refractivity contribution in [1.82, 2.24) is 10.2 Å². The fourth-order valence-corrected chi connectivity index (χ4v) is 7.16. The molecule has 0 unspecified atom stereocenters. The van der Waals surface area contributed by atoms with Crippen molar-refractivity contribution in [1.29, 1.82) is 0 Å². The van der Waals surface area contributed by atoms with Crippen LogP contribution in [0.25, 0.3) is 0 Å². The van der Waals surface area contributed by atoms with Gasteiger partial charge < -0.3 is 24.4 Å². The van der Waals surface area contributed by atoms with Crippen molar-refractivity contribution < 1.29 is 32.2 Å². The summed E-state index contributed by atoms with van der Waals surface area (Å²) in [5.41, 5.74) is 1.36.